The number of nitrogens with zero attached hydrogens (tertiary/aromatic N) is 1. The third-order valence-electron chi connectivity index (χ3n) is 4.59. The number of carbonyl (C=O) groups excluding carboxylic acids is 1. The zero-order valence-corrected chi connectivity index (χ0v) is 14.2. The maximum absolute atomic E-state index is 12.9. The van der Waals surface area contributed by atoms with Crippen molar-refractivity contribution >= 4 is 17.2 Å². The number of thiophene rings is 1. The lowest BCUT2D eigenvalue weighted by molar-refractivity contribution is 0.0557. The molecule has 124 valence electrons. The van der Waals surface area contributed by atoms with Crippen molar-refractivity contribution in [3.05, 3.63) is 46.0 Å². The van der Waals surface area contributed by atoms with Gasteiger partial charge in [0.25, 0.3) is 5.91 Å². The van der Waals surface area contributed by atoms with Gasteiger partial charge in [-0.25, -0.2) is 0 Å². The fourth-order valence-corrected chi connectivity index (χ4v) is 4.10. The summed E-state index contributed by atoms with van der Waals surface area (Å²) in [6.45, 7) is 2.75. The molecule has 5 heteroatoms. The molecule has 23 heavy (non-hydrogen) atoms. The number of amides is 1. The highest BCUT2D eigenvalue weighted by Gasteiger charge is 2.29. The van der Waals surface area contributed by atoms with Crippen molar-refractivity contribution < 1.29 is 14.3 Å². The summed E-state index contributed by atoms with van der Waals surface area (Å²) in [6.07, 6.45) is 5.65. The van der Waals surface area contributed by atoms with E-state index in [1.54, 1.807) is 29.7 Å². The fraction of sp³-hybridized carbons (Fsp3) is 0.500. The maximum Gasteiger partial charge on any atom is 0.255 e. The van der Waals surface area contributed by atoms with Crippen molar-refractivity contribution in [2.75, 3.05) is 6.54 Å². The van der Waals surface area contributed by atoms with E-state index in [0.717, 1.165) is 43.4 Å². The average molecular weight is 333 g/mol. The number of aliphatic hydroxyl groups is 1. The summed E-state index contributed by atoms with van der Waals surface area (Å²) < 4.78 is 5.30. The Morgan fingerprint density at radius 1 is 1.43 bits per heavy atom. The Labute approximate surface area is 140 Å². The number of carbonyl (C=O) groups is 1. The van der Waals surface area contributed by atoms with E-state index in [4.69, 9.17) is 4.42 Å². The molecule has 0 aliphatic carbocycles. The minimum Gasteiger partial charge on any atom is -0.467 e. The summed E-state index contributed by atoms with van der Waals surface area (Å²) in [5.41, 5.74) is 1.84. The predicted octanol–water partition coefficient (Wildman–Crippen LogP) is 4.16. The Morgan fingerprint density at radius 3 is 3.00 bits per heavy atom. The smallest absolute Gasteiger partial charge is 0.255 e. The van der Waals surface area contributed by atoms with Crippen molar-refractivity contribution in [1.82, 2.24) is 4.90 Å². The van der Waals surface area contributed by atoms with Crippen LogP contribution in [0.3, 0.4) is 0 Å². The molecule has 3 heterocycles. The molecule has 1 saturated heterocycles. The number of likely N-dealkylation sites (tertiary alicyclic amines) is 1. The van der Waals surface area contributed by atoms with Crippen molar-refractivity contribution in [3.63, 3.8) is 0 Å². The van der Waals surface area contributed by atoms with Crippen LogP contribution in [0.15, 0.2) is 33.6 Å². The molecule has 3 rings (SSSR count). The fourth-order valence-electron chi connectivity index (χ4n) is 3.28. The third kappa shape index (κ3) is 3.67. The summed E-state index contributed by atoms with van der Waals surface area (Å²) in [5.74, 6) is 0.677. The molecule has 0 aromatic carbocycles. The van der Waals surface area contributed by atoms with Crippen LogP contribution in [0, 0.1) is 6.92 Å². The van der Waals surface area contributed by atoms with Gasteiger partial charge in [0.1, 0.15) is 11.9 Å². The minimum absolute atomic E-state index is 0.0596. The summed E-state index contributed by atoms with van der Waals surface area (Å²) in [5, 5.41) is 14.4. The van der Waals surface area contributed by atoms with E-state index in [1.165, 1.54) is 0 Å². The molecule has 1 aliphatic heterocycles. The molecule has 2 unspecified atom stereocenters. The quantitative estimate of drug-likeness (QED) is 0.914. The molecule has 2 atom stereocenters. The second-order valence-electron chi connectivity index (χ2n) is 6.24. The third-order valence-corrected chi connectivity index (χ3v) is 5.45. The van der Waals surface area contributed by atoms with Crippen molar-refractivity contribution in [2.45, 2.75) is 51.2 Å². The monoisotopic (exact) mass is 333 g/mol. The van der Waals surface area contributed by atoms with Crippen LogP contribution in [0.25, 0.3) is 0 Å². The molecule has 0 bridgehead atoms. The molecular weight excluding hydrogens is 310 g/mol. The van der Waals surface area contributed by atoms with Gasteiger partial charge in [0.15, 0.2) is 0 Å². The van der Waals surface area contributed by atoms with Gasteiger partial charge in [-0.1, -0.05) is 12.8 Å². The maximum atomic E-state index is 12.9. The SMILES string of the molecule is Cc1cscc1C(=O)N1CCCCCC1CC(O)c1ccco1. The number of aliphatic hydroxyl groups excluding tert-OH is 1. The first-order valence-corrected chi connectivity index (χ1v) is 9.16. The number of aryl methyl sites for hydroxylation is 1. The molecule has 0 radical (unpaired) electrons. The van der Waals surface area contributed by atoms with E-state index in [-0.39, 0.29) is 11.9 Å². The van der Waals surface area contributed by atoms with Crippen LogP contribution in [0.1, 0.15) is 59.9 Å². The molecule has 1 N–H and O–H groups in total. The lowest BCUT2D eigenvalue weighted by Gasteiger charge is -2.31. The molecule has 2 aromatic rings. The lowest BCUT2D eigenvalue weighted by atomic mass is 10.0. The Balaban J connectivity index is 1.77. The van der Waals surface area contributed by atoms with Crippen LogP contribution in [0.4, 0.5) is 0 Å². The van der Waals surface area contributed by atoms with E-state index in [9.17, 15) is 9.90 Å². The first-order chi connectivity index (χ1) is 11.2. The van der Waals surface area contributed by atoms with Gasteiger partial charge in [0.05, 0.1) is 11.8 Å². The molecule has 1 aliphatic rings. The summed E-state index contributed by atoms with van der Waals surface area (Å²) in [6, 6.07) is 3.63. The number of hydrogen-bond acceptors (Lipinski definition) is 4. The highest BCUT2D eigenvalue weighted by Crippen LogP contribution is 2.28. The van der Waals surface area contributed by atoms with Gasteiger partial charge in [-0.15, -0.1) is 0 Å². The van der Waals surface area contributed by atoms with Gasteiger partial charge >= 0.3 is 0 Å². The van der Waals surface area contributed by atoms with Crippen LogP contribution in [-0.2, 0) is 0 Å². The first kappa shape index (κ1) is 16.3. The van der Waals surface area contributed by atoms with Crippen molar-refractivity contribution in [3.8, 4) is 0 Å². The van der Waals surface area contributed by atoms with Gasteiger partial charge < -0.3 is 14.4 Å². The Hall–Kier alpha value is -1.59. The van der Waals surface area contributed by atoms with E-state index < -0.39 is 6.10 Å². The van der Waals surface area contributed by atoms with Crippen molar-refractivity contribution in [1.29, 1.82) is 0 Å². The Bertz CT molecular complexity index is 634. The normalized spacial score (nSPS) is 20.3. The van der Waals surface area contributed by atoms with Crippen LogP contribution >= 0.6 is 11.3 Å². The van der Waals surface area contributed by atoms with E-state index >= 15 is 0 Å². The summed E-state index contributed by atoms with van der Waals surface area (Å²) >= 11 is 1.57. The second-order valence-corrected chi connectivity index (χ2v) is 6.98. The van der Waals surface area contributed by atoms with Gasteiger partial charge in [0, 0.05) is 24.4 Å². The van der Waals surface area contributed by atoms with Gasteiger partial charge in [-0.3, -0.25) is 4.79 Å². The van der Waals surface area contributed by atoms with Crippen LogP contribution in [0.2, 0.25) is 0 Å². The molecule has 0 saturated carbocycles. The first-order valence-electron chi connectivity index (χ1n) is 8.22. The van der Waals surface area contributed by atoms with Gasteiger partial charge in [-0.05, 0) is 42.8 Å². The molecular formula is C18H23NO3S. The zero-order valence-electron chi connectivity index (χ0n) is 13.4. The molecule has 0 spiro atoms. The van der Waals surface area contributed by atoms with Crippen LogP contribution in [0.5, 0.6) is 0 Å². The number of furan rings is 1. The van der Waals surface area contributed by atoms with Crippen LogP contribution < -0.4 is 0 Å². The average Bonchev–Trinajstić information content (AvgIpc) is 3.16. The number of rotatable bonds is 4. The Morgan fingerprint density at radius 2 is 2.30 bits per heavy atom. The van der Waals surface area contributed by atoms with E-state index in [2.05, 4.69) is 0 Å². The zero-order chi connectivity index (χ0) is 16.2. The lowest BCUT2D eigenvalue weighted by Crippen LogP contribution is -2.41. The molecule has 4 nitrogen and oxygen atoms in total. The standard InChI is InChI=1S/C18H23NO3S/c1-13-11-23-12-15(13)18(21)19-8-4-2-3-6-14(19)10-16(20)17-7-5-9-22-17/h5,7,9,11-12,14,16,20H,2-4,6,8,10H2,1H3. The van der Waals surface area contributed by atoms with Crippen LogP contribution in [-0.4, -0.2) is 28.5 Å². The predicted molar refractivity (Wildman–Crippen MR) is 90.6 cm³/mol. The van der Waals surface area contributed by atoms with Gasteiger partial charge in [-0.2, -0.15) is 11.3 Å². The van der Waals surface area contributed by atoms with E-state index in [0.29, 0.717) is 12.2 Å². The van der Waals surface area contributed by atoms with Gasteiger partial charge in [0.2, 0.25) is 0 Å². The summed E-state index contributed by atoms with van der Waals surface area (Å²) in [7, 11) is 0. The largest absolute Gasteiger partial charge is 0.467 e. The number of hydrogen-bond donors (Lipinski definition) is 1. The summed E-state index contributed by atoms with van der Waals surface area (Å²) in [4.78, 5) is 14.9. The Kier molecular flexibility index (Phi) is 5.18. The minimum atomic E-state index is -0.660. The highest BCUT2D eigenvalue weighted by atomic mass is 32.1. The van der Waals surface area contributed by atoms with E-state index in [1.807, 2.05) is 22.6 Å². The second kappa shape index (κ2) is 7.32. The molecule has 1 amide bonds. The van der Waals surface area contributed by atoms with Crippen molar-refractivity contribution in [2.24, 2.45) is 0 Å². The molecule has 2 aromatic heterocycles. The highest BCUT2D eigenvalue weighted by molar-refractivity contribution is 7.08. The topological polar surface area (TPSA) is 53.7 Å². The molecule has 1 fully saturated rings.